The van der Waals surface area contributed by atoms with E-state index >= 15 is 0 Å². The lowest BCUT2D eigenvalue weighted by molar-refractivity contribution is -0.169. The summed E-state index contributed by atoms with van der Waals surface area (Å²) in [6, 6.07) is 14.0. The van der Waals surface area contributed by atoms with Crippen LogP contribution in [-0.2, 0) is 23.8 Å². The molecule has 37 heavy (non-hydrogen) atoms. The van der Waals surface area contributed by atoms with Crippen LogP contribution in [0.1, 0.15) is 70.0 Å². The maximum atomic E-state index is 14.5. The number of halogens is 2. The molecule has 0 N–H and O–H groups in total. The molecule has 0 spiro atoms. The van der Waals surface area contributed by atoms with Crippen molar-refractivity contribution in [2.24, 2.45) is 5.41 Å². The van der Waals surface area contributed by atoms with Gasteiger partial charge in [0.2, 0.25) is 5.91 Å². The van der Waals surface area contributed by atoms with Gasteiger partial charge in [-0.25, -0.2) is 4.79 Å². The maximum Gasteiger partial charge on any atom is 0.328 e. The Hall–Kier alpha value is -2.12. The molecule has 1 amide bonds. The minimum absolute atomic E-state index is 0.101. The van der Waals surface area contributed by atoms with Crippen LogP contribution in [0.2, 0.25) is 10.0 Å². The van der Waals surface area contributed by atoms with Crippen molar-refractivity contribution >= 4 is 35.1 Å². The molecular formula is C29H35Cl2NO5. The third-order valence-electron chi connectivity index (χ3n) is 7.53. The monoisotopic (exact) mass is 547 g/mol. The number of amides is 1. The summed E-state index contributed by atoms with van der Waals surface area (Å²) in [5, 5.41) is 1.22. The van der Waals surface area contributed by atoms with Crippen molar-refractivity contribution in [1.82, 2.24) is 4.90 Å². The van der Waals surface area contributed by atoms with E-state index in [9.17, 15) is 9.59 Å². The Kier molecular flexibility index (Phi) is 8.25. The minimum atomic E-state index is -0.814. The standard InChI is InChI=1S/C29H35Cl2NO5/c1-6-24(26(33)35-5)32-25(18-10-12-20(30)13-11-18)23(19-8-7-9-21(31)14-19)16-29(4,27(32)34)15-22-17-36-28(2,3)37-22/h7-14,22-25H,6,15-17H2,1-5H3/t22?,23-,24+,25?,29+/m1/s1. The first-order valence-corrected chi connectivity index (χ1v) is 13.5. The third-order valence-corrected chi connectivity index (χ3v) is 8.02. The van der Waals surface area contributed by atoms with Gasteiger partial charge in [0.15, 0.2) is 5.79 Å². The first-order valence-electron chi connectivity index (χ1n) is 12.7. The number of carbonyl (C=O) groups excluding carboxylic acids is 2. The van der Waals surface area contributed by atoms with Gasteiger partial charge in [-0.15, -0.1) is 0 Å². The number of ether oxygens (including phenoxy) is 3. The number of hydrogen-bond acceptors (Lipinski definition) is 5. The molecule has 0 saturated carbocycles. The Morgan fingerprint density at radius 1 is 1.11 bits per heavy atom. The Morgan fingerprint density at radius 2 is 1.81 bits per heavy atom. The molecule has 2 saturated heterocycles. The van der Waals surface area contributed by atoms with Gasteiger partial charge in [0.25, 0.3) is 0 Å². The molecule has 200 valence electrons. The van der Waals surface area contributed by atoms with Crippen LogP contribution in [0.25, 0.3) is 0 Å². The molecule has 2 heterocycles. The average molecular weight is 549 g/mol. The lowest BCUT2D eigenvalue weighted by Crippen LogP contribution is -2.58. The Balaban J connectivity index is 1.86. The number of likely N-dealkylation sites (tertiary alicyclic amines) is 1. The van der Waals surface area contributed by atoms with Crippen LogP contribution in [0, 0.1) is 5.41 Å². The van der Waals surface area contributed by atoms with E-state index in [2.05, 4.69) is 0 Å². The molecule has 2 aromatic rings. The second-order valence-corrected chi connectivity index (χ2v) is 11.6. The molecule has 0 aliphatic carbocycles. The van der Waals surface area contributed by atoms with Crippen molar-refractivity contribution < 1.29 is 23.8 Å². The molecule has 2 unspecified atom stereocenters. The smallest absolute Gasteiger partial charge is 0.328 e. The van der Waals surface area contributed by atoms with Gasteiger partial charge >= 0.3 is 5.97 Å². The Bertz CT molecular complexity index is 1140. The zero-order valence-corrected chi connectivity index (χ0v) is 23.5. The summed E-state index contributed by atoms with van der Waals surface area (Å²) in [5.74, 6) is -1.38. The van der Waals surface area contributed by atoms with E-state index < -0.39 is 29.3 Å². The first-order chi connectivity index (χ1) is 17.5. The fraction of sp³-hybridized carbons (Fsp3) is 0.517. The van der Waals surface area contributed by atoms with Crippen LogP contribution in [0.4, 0.5) is 0 Å². The van der Waals surface area contributed by atoms with Crippen LogP contribution in [-0.4, -0.2) is 48.4 Å². The Morgan fingerprint density at radius 3 is 2.38 bits per heavy atom. The number of piperidine rings is 1. The van der Waals surface area contributed by atoms with Gasteiger partial charge in [0.1, 0.15) is 6.04 Å². The fourth-order valence-electron chi connectivity index (χ4n) is 5.89. The van der Waals surface area contributed by atoms with Crippen LogP contribution in [0.3, 0.4) is 0 Å². The summed E-state index contributed by atoms with van der Waals surface area (Å²) in [6.45, 7) is 8.02. The quantitative estimate of drug-likeness (QED) is 0.367. The topological polar surface area (TPSA) is 65.1 Å². The zero-order valence-electron chi connectivity index (χ0n) is 22.0. The van der Waals surface area contributed by atoms with E-state index in [-0.39, 0.29) is 17.9 Å². The van der Waals surface area contributed by atoms with Crippen molar-refractivity contribution in [2.45, 2.75) is 76.9 Å². The van der Waals surface area contributed by atoms with Gasteiger partial charge in [-0.1, -0.05) is 61.3 Å². The number of nitrogens with zero attached hydrogens (tertiary/aromatic N) is 1. The van der Waals surface area contributed by atoms with Gasteiger partial charge in [0, 0.05) is 21.4 Å². The highest BCUT2D eigenvalue weighted by Gasteiger charge is 2.54. The molecule has 2 fully saturated rings. The van der Waals surface area contributed by atoms with E-state index in [0.717, 1.165) is 11.1 Å². The second kappa shape index (κ2) is 10.9. The predicted octanol–water partition coefficient (Wildman–Crippen LogP) is 6.55. The molecule has 0 bridgehead atoms. The van der Waals surface area contributed by atoms with Gasteiger partial charge in [0.05, 0.1) is 25.9 Å². The van der Waals surface area contributed by atoms with Gasteiger partial charge in [-0.3, -0.25) is 4.79 Å². The molecular weight excluding hydrogens is 513 g/mol. The van der Waals surface area contributed by atoms with E-state index in [1.807, 2.05) is 76.2 Å². The molecule has 6 nitrogen and oxygen atoms in total. The molecule has 2 aromatic carbocycles. The summed E-state index contributed by atoms with van der Waals surface area (Å²) in [7, 11) is 1.36. The maximum absolute atomic E-state index is 14.5. The van der Waals surface area contributed by atoms with Crippen LogP contribution in [0.15, 0.2) is 48.5 Å². The van der Waals surface area contributed by atoms with E-state index in [4.69, 9.17) is 37.4 Å². The van der Waals surface area contributed by atoms with Crippen LogP contribution >= 0.6 is 23.2 Å². The molecule has 2 aliphatic rings. The number of methoxy groups -OCH3 is 1. The zero-order chi connectivity index (χ0) is 27.0. The molecule has 0 radical (unpaired) electrons. The molecule has 8 heteroatoms. The number of esters is 1. The van der Waals surface area contributed by atoms with Crippen molar-refractivity contribution in [3.8, 4) is 0 Å². The summed E-state index contributed by atoms with van der Waals surface area (Å²) < 4.78 is 17.1. The Labute approximate surface area is 229 Å². The van der Waals surface area contributed by atoms with Gasteiger partial charge < -0.3 is 19.1 Å². The van der Waals surface area contributed by atoms with E-state index in [0.29, 0.717) is 35.9 Å². The highest BCUT2D eigenvalue weighted by atomic mass is 35.5. The summed E-state index contributed by atoms with van der Waals surface area (Å²) in [6.07, 6.45) is 1.19. The van der Waals surface area contributed by atoms with Crippen molar-refractivity contribution in [1.29, 1.82) is 0 Å². The SMILES string of the molecule is CC[C@@H](C(=O)OC)N1C(=O)[C@@](C)(CC2COC(C)(C)O2)C[C@H](c2cccc(Cl)c2)C1c1ccc(Cl)cc1. The lowest BCUT2D eigenvalue weighted by atomic mass is 9.66. The number of carbonyl (C=O) groups is 2. The fourth-order valence-corrected chi connectivity index (χ4v) is 6.22. The van der Waals surface area contributed by atoms with Crippen molar-refractivity contribution in [2.75, 3.05) is 13.7 Å². The lowest BCUT2D eigenvalue weighted by Gasteiger charge is -2.51. The molecule has 2 aliphatic heterocycles. The number of hydrogen-bond donors (Lipinski definition) is 0. The summed E-state index contributed by atoms with van der Waals surface area (Å²) >= 11 is 12.7. The van der Waals surface area contributed by atoms with Gasteiger partial charge in [-0.05, 0) is 68.5 Å². The number of benzene rings is 2. The van der Waals surface area contributed by atoms with E-state index in [1.165, 1.54) is 7.11 Å². The highest BCUT2D eigenvalue weighted by Crippen LogP contribution is 2.53. The number of rotatable bonds is 7. The molecule has 4 rings (SSSR count). The summed E-state index contributed by atoms with van der Waals surface area (Å²) in [4.78, 5) is 29.3. The highest BCUT2D eigenvalue weighted by molar-refractivity contribution is 6.30. The predicted molar refractivity (Wildman–Crippen MR) is 144 cm³/mol. The second-order valence-electron chi connectivity index (χ2n) is 10.7. The first kappa shape index (κ1) is 27.9. The minimum Gasteiger partial charge on any atom is -0.467 e. The molecule has 5 atom stereocenters. The van der Waals surface area contributed by atoms with E-state index in [1.54, 1.807) is 4.90 Å². The third kappa shape index (κ3) is 5.83. The summed E-state index contributed by atoms with van der Waals surface area (Å²) in [5.41, 5.74) is 1.08. The normalized spacial score (nSPS) is 28.2. The van der Waals surface area contributed by atoms with Gasteiger partial charge in [-0.2, -0.15) is 0 Å². The molecule has 0 aromatic heterocycles. The van der Waals surface area contributed by atoms with Crippen LogP contribution in [0.5, 0.6) is 0 Å². The van der Waals surface area contributed by atoms with Crippen molar-refractivity contribution in [3.05, 3.63) is 69.7 Å². The average Bonchev–Trinajstić information content (AvgIpc) is 3.20. The largest absolute Gasteiger partial charge is 0.467 e. The van der Waals surface area contributed by atoms with Crippen molar-refractivity contribution in [3.63, 3.8) is 0 Å². The van der Waals surface area contributed by atoms with Crippen LogP contribution < -0.4 is 0 Å².